The lowest BCUT2D eigenvalue weighted by Gasteiger charge is -2.12. The Hall–Kier alpha value is -3.00. The Morgan fingerprint density at radius 2 is 1.86 bits per heavy atom. The van der Waals surface area contributed by atoms with E-state index in [2.05, 4.69) is 6.07 Å². The van der Waals surface area contributed by atoms with Crippen LogP contribution in [-0.2, 0) is 6.61 Å². The molecule has 5 nitrogen and oxygen atoms in total. The summed E-state index contributed by atoms with van der Waals surface area (Å²) in [5.74, 6) is -0.133. The van der Waals surface area contributed by atoms with Crippen LogP contribution in [0.25, 0.3) is 0 Å². The quantitative estimate of drug-likeness (QED) is 0.885. The number of hydrogen-bond donors (Lipinski definition) is 1. The molecule has 1 N–H and O–H groups in total. The Morgan fingerprint density at radius 3 is 2.45 bits per heavy atom. The van der Waals surface area contributed by atoms with Crippen molar-refractivity contribution >= 4 is 5.97 Å². The van der Waals surface area contributed by atoms with E-state index in [9.17, 15) is 4.79 Å². The molecule has 22 heavy (non-hydrogen) atoms. The van der Waals surface area contributed by atoms with Crippen LogP contribution in [-0.4, -0.2) is 17.7 Å². The van der Waals surface area contributed by atoms with Crippen molar-refractivity contribution in [3.63, 3.8) is 0 Å². The van der Waals surface area contributed by atoms with Crippen molar-refractivity contribution < 1.29 is 19.4 Å². The summed E-state index contributed by atoms with van der Waals surface area (Å²) in [5, 5.41) is 17.8. The fourth-order valence-corrected chi connectivity index (χ4v) is 1.87. The largest absolute Gasteiger partial charge is 0.490 e. The average Bonchev–Trinajstić information content (AvgIpc) is 2.54. The van der Waals surface area contributed by atoms with E-state index in [4.69, 9.17) is 19.8 Å². The van der Waals surface area contributed by atoms with E-state index in [1.54, 1.807) is 18.2 Å². The van der Waals surface area contributed by atoms with Gasteiger partial charge < -0.3 is 14.6 Å². The van der Waals surface area contributed by atoms with Gasteiger partial charge in [-0.1, -0.05) is 12.1 Å². The first-order valence-electron chi connectivity index (χ1n) is 6.76. The monoisotopic (exact) mass is 297 g/mol. The first-order valence-corrected chi connectivity index (χ1v) is 6.76. The number of hydrogen-bond acceptors (Lipinski definition) is 4. The number of carboxylic acids is 1. The first kappa shape index (κ1) is 15.4. The van der Waals surface area contributed by atoms with Crippen molar-refractivity contribution in [2.75, 3.05) is 6.61 Å². The van der Waals surface area contributed by atoms with Gasteiger partial charge in [-0.15, -0.1) is 0 Å². The second kappa shape index (κ2) is 7.14. The minimum absolute atomic E-state index is 0.147. The van der Waals surface area contributed by atoms with E-state index in [0.29, 0.717) is 30.3 Å². The maximum atomic E-state index is 11.0. The number of nitriles is 1. The van der Waals surface area contributed by atoms with Crippen LogP contribution in [0, 0.1) is 11.3 Å². The van der Waals surface area contributed by atoms with E-state index in [1.165, 1.54) is 12.1 Å². The Balaban J connectivity index is 2.14. The summed E-state index contributed by atoms with van der Waals surface area (Å²) in [6.45, 7) is 2.53. The second-order valence-electron chi connectivity index (χ2n) is 4.50. The standard InChI is InChI=1S/C17H15NO4/c1-2-21-16-9-14(17(19)20)7-8-15(16)22-11-13-5-3-12(10-18)4-6-13/h3-9H,2,11H2,1H3,(H,19,20). The second-order valence-corrected chi connectivity index (χ2v) is 4.50. The molecular weight excluding hydrogens is 282 g/mol. The highest BCUT2D eigenvalue weighted by molar-refractivity contribution is 5.88. The average molecular weight is 297 g/mol. The number of nitrogens with zero attached hydrogens (tertiary/aromatic N) is 1. The molecule has 0 aliphatic rings. The van der Waals surface area contributed by atoms with Gasteiger partial charge in [-0.25, -0.2) is 4.79 Å². The Bertz CT molecular complexity index is 702. The van der Waals surface area contributed by atoms with Gasteiger partial charge in [-0.05, 0) is 42.8 Å². The third-order valence-electron chi connectivity index (χ3n) is 2.97. The molecule has 0 unspecified atom stereocenters. The van der Waals surface area contributed by atoms with Crippen LogP contribution in [0.3, 0.4) is 0 Å². The SMILES string of the molecule is CCOc1cc(C(=O)O)ccc1OCc1ccc(C#N)cc1. The summed E-state index contributed by atoms with van der Waals surface area (Å²) in [6, 6.07) is 13.6. The molecule has 2 rings (SSSR count). The van der Waals surface area contributed by atoms with Crippen molar-refractivity contribution in [2.24, 2.45) is 0 Å². The molecule has 0 amide bonds. The van der Waals surface area contributed by atoms with Crippen LogP contribution in [0.2, 0.25) is 0 Å². The molecule has 0 bridgehead atoms. The summed E-state index contributed by atoms with van der Waals surface area (Å²) in [5.41, 5.74) is 1.64. The normalized spacial score (nSPS) is 9.82. The van der Waals surface area contributed by atoms with Crippen LogP contribution in [0.15, 0.2) is 42.5 Å². The molecule has 0 atom stereocenters. The fourth-order valence-electron chi connectivity index (χ4n) is 1.87. The maximum Gasteiger partial charge on any atom is 0.335 e. The molecule has 5 heteroatoms. The van der Waals surface area contributed by atoms with Crippen molar-refractivity contribution in [1.82, 2.24) is 0 Å². The highest BCUT2D eigenvalue weighted by Gasteiger charge is 2.10. The third-order valence-corrected chi connectivity index (χ3v) is 2.97. The summed E-state index contributed by atoms with van der Waals surface area (Å²) in [7, 11) is 0. The predicted octanol–water partition coefficient (Wildman–Crippen LogP) is 3.23. The van der Waals surface area contributed by atoms with Crippen molar-refractivity contribution in [2.45, 2.75) is 13.5 Å². The van der Waals surface area contributed by atoms with Gasteiger partial charge >= 0.3 is 5.97 Å². The number of carboxylic acid groups (broad SMARTS) is 1. The molecular formula is C17H15NO4. The summed E-state index contributed by atoms with van der Waals surface area (Å²) in [6.07, 6.45) is 0. The lowest BCUT2D eigenvalue weighted by Crippen LogP contribution is -2.02. The zero-order valence-corrected chi connectivity index (χ0v) is 12.1. The Kier molecular flexibility index (Phi) is 4.99. The molecule has 2 aromatic rings. The highest BCUT2D eigenvalue weighted by atomic mass is 16.5. The van der Waals surface area contributed by atoms with Crippen LogP contribution >= 0.6 is 0 Å². The van der Waals surface area contributed by atoms with Gasteiger partial charge in [0, 0.05) is 0 Å². The minimum Gasteiger partial charge on any atom is -0.490 e. The van der Waals surface area contributed by atoms with E-state index in [-0.39, 0.29) is 5.56 Å². The van der Waals surface area contributed by atoms with Gasteiger partial charge in [-0.3, -0.25) is 0 Å². The van der Waals surface area contributed by atoms with E-state index in [1.807, 2.05) is 19.1 Å². The predicted molar refractivity (Wildman–Crippen MR) is 80.1 cm³/mol. The smallest absolute Gasteiger partial charge is 0.335 e. The molecule has 0 saturated heterocycles. The lowest BCUT2D eigenvalue weighted by molar-refractivity contribution is 0.0696. The van der Waals surface area contributed by atoms with Gasteiger partial charge in [0.25, 0.3) is 0 Å². The molecule has 0 radical (unpaired) electrons. The molecule has 112 valence electrons. The number of ether oxygens (including phenoxy) is 2. The fraction of sp³-hybridized carbons (Fsp3) is 0.176. The zero-order valence-electron chi connectivity index (χ0n) is 12.1. The number of aromatic carboxylic acids is 1. The zero-order chi connectivity index (χ0) is 15.9. The van der Waals surface area contributed by atoms with E-state index < -0.39 is 5.97 Å². The summed E-state index contributed by atoms with van der Waals surface area (Å²) in [4.78, 5) is 11.0. The van der Waals surface area contributed by atoms with E-state index in [0.717, 1.165) is 5.56 Å². The highest BCUT2D eigenvalue weighted by Crippen LogP contribution is 2.29. The number of carbonyl (C=O) groups is 1. The summed E-state index contributed by atoms with van der Waals surface area (Å²) >= 11 is 0. The maximum absolute atomic E-state index is 11.0. The third kappa shape index (κ3) is 3.76. The summed E-state index contributed by atoms with van der Waals surface area (Å²) < 4.78 is 11.1. The molecule has 0 aliphatic carbocycles. The lowest BCUT2D eigenvalue weighted by atomic mass is 10.1. The first-order chi connectivity index (χ1) is 10.6. The van der Waals surface area contributed by atoms with Gasteiger partial charge in [0.1, 0.15) is 6.61 Å². The van der Waals surface area contributed by atoms with Gasteiger partial charge in [0.2, 0.25) is 0 Å². The van der Waals surface area contributed by atoms with Gasteiger partial charge in [0.15, 0.2) is 11.5 Å². The molecule has 0 aromatic heterocycles. The van der Waals surface area contributed by atoms with Crippen LogP contribution in [0.5, 0.6) is 11.5 Å². The molecule has 0 spiro atoms. The van der Waals surface area contributed by atoms with E-state index >= 15 is 0 Å². The molecule has 0 aliphatic heterocycles. The van der Waals surface area contributed by atoms with Crippen molar-refractivity contribution in [3.8, 4) is 17.6 Å². The van der Waals surface area contributed by atoms with Gasteiger partial charge in [0.05, 0.1) is 23.8 Å². The van der Waals surface area contributed by atoms with Crippen molar-refractivity contribution in [1.29, 1.82) is 5.26 Å². The topological polar surface area (TPSA) is 79.6 Å². The van der Waals surface area contributed by atoms with Crippen LogP contribution in [0.1, 0.15) is 28.4 Å². The van der Waals surface area contributed by atoms with Crippen LogP contribution in [0.4, 0.5) is 0 Å². The molecule has 0 fully saturated rings. The Morgan fingerprint density at radius 1 is 1.14 bits per heavy atom. The molecule has 0 heterocycles. The molecule has 2 aromatic carbocycles. The number of rotatable bonds is 6. The minimum atomic E-state index is -1.01. The van der Waals surface area contributed by atoms with Crippen LogP contribution < -0.4 is 9.47 Å². The van der Waals surface area contributed by atoms with Gasteiger partial charge in [-0.2, -0.15) is 5.26 Å². The Labute approximate surface area is 128 Å². The van der Waals surface area contributed by atoms with Crippen molar-refractivity contribution in [3.05, 3.63) is 59.2 Å². The number of benzene rings is 2. The molecule has 0 saturated carbocycles.